The molecule has 5 nitrogen and oxygen atoms in total. The van der Waals surface area contributed by atoms with Gasteiger partial charge in [0, 0.05) is 18.7 Å². The van der Waals surface area contributed by atoms with Crippen molar-refractivity contribution in [3.05, 3.63) is 41.8 Å². The van der Waals surface area contributed by atoms with E-state index in [1.807, 2.05) is 30.3 Å². The predicted octanol–water partition coefficient (Wildman–Crippen LogP) is 2.64. The highest BCUT2D eigenvalue weighted by Gasteiger charge is 2.38. The second kappa shape index (κ2) is 5.88. The highest BCUT2D eigenvalue weighted by atomic mass is 32.2. The van der Waals surface area contributed by atoms with Crippen LogP contribution in [-0.4, -0.2) is 22.0 Å². The Kier molecular flexibility index (Phi) is 3.95. The van der Waals surface area contributed by atoms with Gasteiger partial charge in [-0.05, 0) is 18.4 Å². The normalized spacial score (nSPS) is 17.1. The molecule has 6 heteroatoms. The van der Waals surface area contributed by atoms with Gasteiger partial charge in [0.05, 0.1) is 6.07 Å². The molecule has 1 N–H and O–H groups in total. The molecule has 1 fully saturated rings. The van der Waals surface area contributed by atoms with E-state index in [-0.39, 0.29) is 0 Å². The monoisotopic (exact) mass is 300 g/mol. The Balaban J connectivity index is 1.82. The molecular formula is C15H16N4OS. The van der Waals surface area contributed by atoms with E-state index < -0.39 is 5.54 Å². The van der Waals surface area contributed by atoms with Crippen LogP contribution in [0.25, 0.3) is 0 Å². The van der Waals surface area contributed by atoms with E-state index in [1.165, 1.54) is 11.8 Å². The third-order valence-corrected chi connectivity index (χ3v) is 4.39. The first-order chi connectivity index (χ1) is 10.2. The molecule has 1 atom stereocenters. The lowest BCUT2D eigenvalue weighted by molar-refractivity contribution is 0.425. The summed E-state index contributed by atoms with van der Waals surface area (Å²) in [5.74, 6) is 1.07. The number of benzene rings is 1. The second-order valence-corrected chi connectivity index (χ2v) is 6.10. The number of nitrogens with zero attached hydrogens (tertiary/aromatic N) is 3. The van der Waals surface area contributed by atoms with E-state index in [2.05, 4.69) is 21.6 Å². The van der Waals surface area contributed by atoms with Crippen LogP contribution in [0.15, 0.2) is 40.0 Å². The molecule has 0 aliphatic heterocycles. The zero-order valence-electron chi connectivity index (χ0n) is 11.7. The Morgan fingerprint density at radius 3 is 2.71 bits per heavy atom. The number of nitriles is 1. The van der Waals surface area contributed by atoms with Crippen molar-refractivity contribution < 1.29 is 4.42 Å². The molecule has 21 heavy (non-hydrogen) atoms. The Labute approximate surface area is 127 Å². The van der Waals surface area contributed by atoms with E-state index in [1.54, 1.807) is 6.92 Å². The number of aromatic nitrogens is 2. The first-order valence-corrected chi connectivity index (χ1v) is 7.88. The van der Waals surface area contributed by atoms with Gasteiger partial charge in [-0.2, -0.15) is 5.26 Å². The van der Waals surface area contributed by atoms with Crippen LogP contribution in [0.5, 0.6) is 0 Å². The lowest BCUT2D eigenvalue weighted by Gasteiger charge is -2.27. The fourth-order valence-corrected chi connectivity index (χ4v) is 3.08. The van der Waals surface area contributed by atoms with Gasteiger partial charge in [0.2, 0.25) is 5.89 Å². The molecule has 1 aliphatic carbocycles. The predicted molar refractivity (Wildman–Crippen MR) is 79.6 cm³/mol. The number of rotatable bonds is 6. The standard InChI is InChI=1S/C15H16N4OS/c1-11-18-19-14(20-11)21-10-15(9-16,17-13-7-8-13)12-5-3-2-4-6-12/h2-6,13,17H,7-8,10H2,1H3. The third kappa shape index (κ3) is 3.26. The summed E-state index contributed by atoms with van der Waals surface area (Å²) in [5, 5.41) is 21.6. The maximum Gasteiger partial charge on any atom is 0.276 e. The van der Waals surface area contributed by atoms with E-state index in [0.29, 0.717) is 22.9 Å². The van der Waals surface area contributed by atoms with Gasteiger partial charge in [-0.3, -0.25) is 5.32 Å². The molecule has 0 saturated heterocycles. The van der Waals surface area contributed by atoms with Crippen LogP contribution in [0.2, 0.25) is 0 Å². The first kappa shape index (κ1) is 14.1. The van der Waals surface area contributed by atoms with Gasteiger partial charge in [-0.15, -0.1) is 10.2 Å². The Morgan fingerprint density at radius 2 is 2.14 bits per heavy atom. The second-order valence-electron chi connectivity index (χ2n) is 5.18. The van der Waals surface area contributed by atoms with Crippen molar-refractivity contribution in [1.29, 1.82) is 5.26 Å². The highest BCUT2D eigenvalue weighted by molar-refractivity contribution is 7.99. The minimum Gasteiger partial charge on any atom is -0.416 e. The van der Waals surface area contributed by atoms with Gasteiger partial charge in [-0.25, -0.2) is 0 Å². The largest absolute Gasteiger partial charge is 0.416 e. The molecule has 1 aromatic heterocycles. The van der Waals surface area contributed by atoms with Crippen LogP contribution in [0.1, 0.15) is 24.3 Å². The lowest BCUT2D eigenvalue weighted by Crippen LogP contribution is -2.44. The topological polar surface area (TPSA) is 74.7 Å². The molecule has 3 rings (SSSR count). The quantitative estimate of drug-likeness (QED) is 0.827. The number of hydrogen-bond donors (Lipinski definition) is 1. The van der Waals surface area contributed by atoms with Crippen LogP contribution in [0.3, 0.4) is 0 Å². The van der Waals surface area contributed by atoms with Crippen LogP contribution in [0.4, 0.5) is 0 Å². The smallest absolute Gasteiger partial charge is 0.276 e. The zero-order valence-corrected chi connectivity index (χ0v) is 12.6. The van der Waals surface area contributed by atoms with Crippen molar-refractivity contribution in [2.24, 2.45) is 0 Å². The first-order valence-electron chi connectivity index (χ1n) is 6.89. The van der Waals surface area contributed by atoms with Gasteiger partial charge in [-0.1, -0.05) is 42.1 Å². The summed E-state index contributed by atoms with van der Waals surface area (Å²) in [7, 11) is 0. The molecule has 1 saturated carbocycles. The summed E-state index contributed by atoms with van der Waals surface area (Å²) in [6.45, 7) is 1.76. The summed E-state index contributed by atoms with van der Waals surface area (Å²) in [4.78, 5) is 0. The van der Waals surface area contributed by atoms with Crippen LogP contribution < -0.4 is 5.32 Å². The molecule has 1 heterocycles. The van der Waals surface area contributed by atoms with Crippen LogP contribution >= 0.6 is 11.8 Å². The zero-order chi connectivity index (χ0) is 14.7. The average molecular weight is 300 g/mol. The number of nitrogens with one attached hydrogen (secondary N) is 1. The van der Waals surface area contributed by atoms with E-state index in [0.717, 1.165) is 18.4 Å². The number of aryl methyl sites for hydroxylation is 1. The summed E-state index contributed by atoms with van der Waals surface area (Å²) in [6.07, 6.45) is 2.25. The van der Waals surface area contributed by atoms with E-state index in [4.69, 9.17) is 4.42 Å². The van der Waals surface area contributed by atoms with Gasteiger partial charge < -0.3 is 4.42 Å². The Hall–Kier alpha value is -1.84. The lowest BCUT2D eigenvalue weighted by atomic mass is 9.93. The summed E-state index contributed by atoms with van der Waals surface area (Å²) in [5.41, 5.74) is 0.248. The molecule has 0 radical (unpaired) electrons. The minimum atomic E-state index is -0.727. The third-order valence-electron chi connectivity index (χ3n) is 3.40. The SMILES string of the molecule is Cc1nnc(SCC(C#N)(NC2CC2)c2ccccc2)o1. The molecule has 1 aliphatic rings. The molecule has 1 unspecified atom stereocenters. The summed E-state index contributed by atoms with van der Waals surface area (Å²) in [6, 6.07) is 12.7. The van der Waals surface area contributed by atoms with Gasteiger partial charge >= 0.3 is 0 Å². The molecular weight excluding hydrogens is 284 g/mol. The fourth-order valence-electron chi connectivity index (χ4n) is 2.14. The molecule has 0 bridgehead atoms. The van der Waals surface area contributed by atoms with Crippen LogP contribution in [-0.2, 0) is 5.54 Å². The maximum absolute atomic E-state index is 9.80. The molecule has 0 amide bonds. The average Bonchev–Trinajstić information content (AvgIpc) is 3.24. The minimum absolute atomic E-state index is 0.426. The molecule has 1 aromatic carbocycles. The molecule has 2 aromatic rings. The van der Waals surface area contributed by atoms with Crippen molar-refractivity contribution in [3.8, 4) is 6.07 Å². The van der Waals surface area contributed by atoms with Crippen molar-refractivity contribution in [3.63, 3.8) is 0 Å². The Bertz CT molecular complexity index is 647. The number of hydrogen-bond acceptors (Lipinski definition) is 6. The fraction of sp³-hybridized carbons (Fsp3) is 0.400. The van der Waals surface area contributed by atoms with Gasteiger partial charge in [0.25, 0.3) is 5.22 Å². The Morgan fingerprint density at radius 1 is 1.38 bits per heavy atom. The maximum atomic E-state index is 9.80. The van der Waals surface area contributed by atoms with Gasteiger partial charge in [0.1, 0.15) is 5.54 Å². The summed E-state index contributed by atoms with van der Waals surface area (Å²) < 4.78 is 5.38. The van der Waals surface area contributed by atoms with E-state index in [9.17, 15) is 5.26 Å². The van der Waals surface area contributed by atoms with E-state index >= 15 is 0 Å². The molecule has 108 valence electrons. The number of thioether (sulfide) groups is 1. The summed E-state index contributed by atoms with van der Waals surface area (Å²) >= 11 is 1.41. The van der Waals surface area contributed by atoms with Crippen LogP contribution in [0, 0.1) is 18.3 Å². The van der Waals surface area contributed by atoms with Crippen molar-refractivity contribution >= 4 is 11.8 Å². The van der Waals surface area contributed by atoms with Gasteiger partial charge in [0.15, 0.2) is 0 Å². The molecule has 0 spiro atoms. The highest BCUT2D eigenvalue weighted by Crippen LogP contribution is 2.33. The van der Waals surface area contributed by atoms with Crippen molar-refractivity contribution in [1.82, 2.24) is 15.5 Å². The van der Waals surface area contributed by atoms with Crippen molar-refractivity contribution in [2.75, 3.05) is 5.75 Å². The van der Waals surface area contributed by atoms with Crippen molar-refractivity contribution in [2.45, 2.75) is 36.6 Å².